The van der Waals surface area contributed by atoms with Crippen LogP contribution in [0.1, 0.15) is 110 Å². The van der Waals surface area contributed by atoms with Gasteiger partial charge in [0.1, 0.15) is 0 Å². The van der Waals surface area contributed by atoms with Crippen LogP contribution in [-0.4, -0.2) is 24.5 Å². The van der Waals surface area contributed by atoms with E-state index in [4.69, 9.17) is 9.47 Å². The van der Waals surface area contributed by atoms with Crippen LogP contribution in [0.15, 0.2) is 30.3 Å². The van der Waals surface area contributed by atoms with Crippen LogP contribution in [0.2, 0.25) is 0 Å². The van der Waals surface area contributed by atoms with Gasteiger partial charge in [0.05, 0.1) is 12.2 Å². The van der Waals surface area contributed by atoms with Gasteiger partial charge in [0, 0.05) is 13.1 Å². The van der Waals surface area contributed by atoms with Gasteiger partial charge in [-0.25, -0.2) is 0 Å². The van der Waals surface area contributed by atoms with Crippen LogP contribution < -0.4 is 5.32 Å². The molecule has 2 rings (SSSR count). The van der Waals surface area contributed by atoms with Crippen molar-refractivity contribution in [2.45, 2.75) is 129 Å². The molecule has 1 aliphatic heterocycles. The van der Waals surface area contributed by atoms with Gasteiger partial charge >= 0.3 is 0 Å². The second-order valence-electron chi connectivity index (χ2n) is 9.51. The first-order valence-electron chi connectivity index (χ1n) is 12.7. The maximum absolute atomic E-state index is 6.20. The van der Waals surface area contributed by atoms with E-state index in [2.05, 4.69) is 42.6 Å². The minimum absolute atomic E-state index is 0.149. The van der Waals surface area contributed by atoms with Crippen LogP contribution in [0.5, 0.6) is 0 Å². The van der Waals surface area contributed by atoms with Crippen molar-refractivity contribution in [2.75, 3.05) is 6.54 Å². The molecule has 0 saturated carbocycles. The Morgan fingerprint density at radius 1 is 0.733 bits per heavy atom. The Morgan fingerprint density at radius 3 is 1.87 bits per heavy atom. The Hall–Kier alpha value is -0.900. The summed E-state index contributed by atoms with van der Waals surface area (Å²) in [6, 6.07) is 10.6. The molecule has 1 aromatic carbocycles. The van der Waals surface area contributed by atoms with E-state index < -0.39 is 5.79 Å². The van der Waals surface area contributed by atoms with E-state index in [1.807, 2.05) is 13.8 Å². The number of ether oxygens (including phenoxy) is 2. The lowest BCUT2D eigenvalue weighted by Gasteiger charge is -2.17. The Morgan fingerprint density at radius 2 is 1.27 bits per heavy atom. The normalized spacial score (nSPS) is 20.6. The molecule has 0 unspecified atom stereocenters. The largest absolute Gasteiger partial charge is 0.345 e. The topological polar surface area (TPSA) is 30.5 Å². The molecule has 1 fully saturated rings. The number of benzene rings is 1. The number of nitrogens with one attached hydrogen (secondary N) is 1. The maximum Gasteiger partial charge on any atom is 0.163 e. The molecule has 172 valence electrons. The zero-order valence-electron chi connectivity index (χ0n) is 20.0. The highest BCUT2D eigenvalue weighted by Crippen LogP contribution is 2.31. The highest BCUT2D eigenvalue weighted by Gasteiger charge is 2.40. The summed E-state index contributed by atoms with van der Waals surface area (Å²) in [7, 11) is 0. The van der Waals surface area contributed by atoms with Gasteiger partial charge in [-0.05, 0) is 25.8 Å². The van der Waals surface area contributed by atoms with E-state index >= 15 is 0 Å². The van der Waals surface area contributed by atoms with Crippen molar-refractivity contribution in [2.24, 2.45) is 0 Å². The zero-order valence-corrected chi connectivity index (χ0v) is 20.0. The van der Waals surface area contributed by atoms with Gasteiger partial charge in [0.15, 0.2) is 5.79 Å². The fraction of sp³-hybridized carbons (Fsp3) is 0.778. The predicted octanol–water partition coefficient (Wildman–Crippen LogP) is 7.39. The number of rotatable bonds is 17. The predicted molar refractivity (Wildman–Crippen MR) is 128 cm³/mol. The van der Waals surface area contributed by atoms with Crippen LogP contribution in [0, 0.1) is 0 Å². The van der Waals surface area contributed by atoms with Crippen LogP contribution in [0.3, 0.4) is 0 Å². The molecule has 0 spiro atoms. The SMILES string of the molecule is CCCCCCCCCCCCCC[C@@H]1OC(C)(C)O[C@H]1CNCc1ccccc1. The summed E-state index contributed by atoms with van der Waals surface area (Å²) in [4.78, 5) is 0. The van der Waals surface area contributed by atoms with E-state index in [9.17, 15) is 0 Å². The van der Waals surface area contributed by atoms with Crippen LogP contribution >= 0.6 is 0 Å². The molecule has 0 radical (unpaired) electrons. The average Bonchev–Trinajstić information content (AvgIpc) is 3.03. The Bertz CT molecular complexity index is 531. The van der Waals surface area contributed by atoms with Gasteiger partial charge in [-0.3, -0.25) is 0 Å². The molecule has 1 aromatic rings. The molecule has 0 bridgehead atoms. The van der Waals surface area contributed by atoms with Crippen molar-refractivity contribution in [3.8, 4) is 0 Å². The highest BCUT2D eigenvalue weighted by atomic mass is 16.7. The molecule has 1 heterocycles. The third kappa shape index (κ3) is 10.9. The number of unbranched alkanes of at least 4 members (excludes halogenated alkanes) is 11. The summed E-state index contributed by atoms with van der Waals surface area (Å²) >= 11 is 0. The first kappa shape index (κ1) is 25.4. The number of hydrogen-bond acceptors (Lipinski definition) is 3. The standard InChI is InChI=1S/C27H47NO2/c1-4-5-6-7-8-9-10-11-12-13-14-18-21-25-26(30-27(2,3)29-25)23-28-22-24-19-16-15-17-20-24/h15-17,19-20,25-26,28H,4-14,18,21-23H2,1-3H3/t25-,26-/m0/s1. The van der Waals surface area contributed by atoms with Gasteiger partial charge in [0.2, 0.25) is 0 Å². The van der Waals surface area contributed by atoms with E-state index in [0.29, 0.717) is 0 Å². The van der Waals surface area contributed by atoms with Crippen molar-refractivity contribution in [1.29, 1.82) is 0 Å². The third-order valence-electron chi connectivity index (χ3n) is 6.14. The molecular formula is C27H47NO2. The lowest BCUT2D eigenvalue weighted by molar-refractivity contribution is -0.146. The molecule has 1 N–H and O–H groups in total. The summed E-state index contributed by atoms with van der Waals surface area (Å²) in [5.74, 6) is -0.457. The lowest BCUT2D eigenvalue weighted by Crippen LogP contribution is -2.34. The van der Waals surface area contributed by atoms with Crippen LogP contribution in [0.4, 0.5) is 0 Å². The van der Waals surface area contributed by atoms with Crippen molar-refractivity contribution >= 4 is 0 Å². The summed E-state index contributed by atoms with van der Waals surface area (Å²) in [5, 5.41) is 3.55. The lowest BCUT2D eigenvalue weighted by atomic mass is 10.0. The van der Waals surface area contributed by atoms with Gasteiger partial charge in [-0.1, -0.05) is 114 Å². The molecule has 30 heavy (non-hydrogen) atoms. The molecule has 1 saturated heterocycles. The van der Waals surface area contributed by atoms with Crippen LogP contribution in [0.25, 0.3) is 0 Å². The minimum Gasteiger partial charge on any atom is -0.345 e. The zero-order chi connectivity index (χ0) is 21.5. The van der Waals surface area contributed by atoms with Gasteiger partial charge < -0.3 is 14.8 Å². The molecule has 1 aliphatic rings. The smallest absolute Gasteiger partial charge is 0.163 e. The molecule has 0 amide bonds. The van der Waals surface area contributed by atoms with E-state index in [1.165, 1.54) is 82.6 Å². The fourth-order valence-electron chi connectivity index (χ4n) is 4.47. The van der Waals surface area contributed by atoms with Crippen molar-refractivity contribution < 1.29 is 9.47 Å². The van der Waals surface area contributed by atoms with E-state index in [1.54, 1.807) is 0 Å². The molecular weight excluding hydrogens is 370 g/mol. The van der Waals surface area contributed by atoms with Crippen molar-refractivity contribution in [3.05, 3.63) is 35.9 Å². The average molecular weight is 418 g/mol. The second kappa shape index (κ2) is 15.0. The highest BCUT2D eigenvalue weighted by molar-refractivity contribution is 5.14. The van der Waals surface area contributed by atoms with Gasteiger partial charge in [0.25, 0.3) is 0 Å². The van der Waals surface area contributed by atoms with Gasteiger partial charge in [-0.2, -0.15) is 0 Å². The van der Waals surface area contributed by atoms with Crippen LogP contribution in [-0.2, 0) is 16.0 Å². The summed E-state index contributed by atoms with van der Waals surface area (Å²) in [6.07, 6.45) is 18.1. The van der Waals surface area contributed by atoms with Crippen molar-refractivity contribution in [1.82, 2.24) is 5.32 Å². The maximum atomic E-state index is 6.20. The fourth-order valence-corrected chi connectivity index (χ4v) is 4.47. The monoisotopic (exact) mass is 417 g/mol. The summed E-state index contributed by atoms with van der Waals surface area (Å²) in [6.45, 7) is 8.10. The third-order valence-corrected chi connectivity index (χ3v) is 6.14. The molecule has 2 atom stereocenters. The number of hydrogen-bond donors (Lipinski definition) is 1. The molecule has 0 aromatic heterocycles. The summed E-state index contributed by atoms with van der Waals surface area (Å²) in [5.41, 5.74) is 1.31. The van der Waals surface area contributed by atoms with E-state index in [-0.39, 0.29) is 12.2 Å². The summed E-state index contributed by atoms with van der Waals surface area (Å²) < 4.78 is 12.4. The molecule has 3 heteroatoms. The Kier molecular flexibility index (Phi) is 12.7. The van der Waals surface area contributed by atoms with Gasteiger partial charge in [-0.15, -0.1) is 0 Å². The second-order valence-corrected chi connectivity index (χ2v) is 9.51. The minimum atomic E-state index is -0.457. The Labute approximate surface area is 186 Å². The quantitative estimate of drug-likeness (QED) is 0.268. The molecule has 3 nitrogen and oxygen atoms in total. The molecule has 0 aliphatic carbocycles. The van der Waals surface area contributed by atoms with Crippen molar-refractivity contribution in [3.63, 3.8) is 0 Å². The first-order chi connectivity index (χ1) is 14.6. The van der Waals surface area contributed by atoms with E-state index in [0.717, 1.165) is 19.5 Å². The Balaban J connectivity index is 1.51. The first-order valence-corrected chi connectivity index (χ1v) is 12.7.